The number of para-hydroxylation sites is 1. The Kier molecular flexibility index (Phi) is 3.19. The Hall–Kier alpha value is -1.76. The fraction of sp³-hybridized carbons (Fsp3) is 0.250. The molecule has 17 heavy (non-hydrogen) atoms. The lowest BCUT2D eigenvalue weighted by Gasteiger charge is -2.23. The Morgan fingerprint density at radius 2 is 1.41 bits per heavy atom. The Morgan fingerprint density at radius 3 is 2.06 bits per heavy atom. The van der Waals surface area contributed by atoms with Crippen molar-refractivity contribution in [3.05, 3.63) is 59.2 Å². The largest absolute Gasteiger partial charge is 0.344 e. The van der Waals surface area contributed by atoms with E-state index in [9.17, 15) is 0 Å². The number of rotatable bonds is 2. The van der Waals surface area contributed by atoms with Crippen LogP contribution in [0.1, 0.15) is 16.7 Å². The van der Waals surface area contributed by atoms with Crippen LogP contribution in [0.3, 0.4) is 0 Å². The molecule has 2 aromatic rings. The average Bonchev–Trinajstić information content (AvgIpc) is 2.36. The Morgan fingerprint density at radius 1 is 0.765 bits per heavy atom. The number of nitrogens with zero attached hydrogens (tertiary/aromatic N) is 1. The maximum absolute atomic E-state index is 2.24. The quantitative estimate of drug-likeness (QED) is 0.733. The van der Waals surface area contributed by atoms with Gasteiger partial charge in [0.2, 0.25) is 0 Å². The van der Waals surface area contributed by atoms with Crippen molar-refractivity contribution in [3.8, 4) is 0 Å². The molecule has 1 heteroatoms. The summed E-state index contributed by atoms with van der Waals surface area (Å²) >= 11 is 0. The van der Waals surface area contributed by atoms with Gasteiger partial charge in [0.15, 0.2) is 0 Å². The summed E-state index contributed by atoms with van der Waals surface area (Å²) in [6, 6.07) is 14.8. The van der Waals surface area contributed by atoms with Gasteiger partial charge in [0.05, 0.1) is 0 Å². The van der Waals surface area contributed by atoms with Crippen molar-refractivity contribution in [1.82, 2.24) is 0 Å². The molecule has 2 rings (SSSR count). The molecule has 0 fully saturated rings. The van der Waals surface area contributed by atoms with E-state index in [4.69, 9.17) is 0 Å². The number of anilines is 2. The van der Waals surface area contributed by atoms with E-state index in [1.165, 1.54) is 28.1 Å². The molecular weight excluding hydrogens is 206 g/mol. The third-order valence-corrected chi connectivity index (χ3v) is 3.53. The highest BCUT2D eigenvalue weighted by Gasteiger charge is 2.09. The van der Waals surface area contributed by atoms with E-state index < -0.39 is 0 Å². The highest BCUT2D eigenvalue weighted by molar-refractivity contribution is 5.67. The smallest absolute Gasteiger partial charge is 0.0440 e. The zero-order chi connectivity index (χ0) is 12.4. The topological polar surface area (TPSA) is 3.24 Å². The van der Waals surface area contributed by atoms with E-state index in [0.29, 0.717) is 0 Å². The minimum atomic E-state index is 1.22. The molecule has 1 nitrogen and oxygen atoms in total. The van der Waals surface area contributed by atoms with Gasteiger partial charge in [-0.05, 0) is 55.7 Å². The molecular formula is C16H19N. The van der Waals surface area contributed by atoms with Gasteiger partial charge in [-0.3, -0.25) is 0 Å². The zero-order valence-electron chi connectivity index (χ0n) is 11.0. The van der Waals surface area contributed by atoms with Gasteiger partial charge in [-0.2, -0.15) is 0 Å². The van der Waals surface area contributed by atoms with Gasteiger partial charge in [0.25, 0.3) is 0 Å². The second kappa shape index (κ2) is 4.62. The van der Waals surface area contributed by atoms with Crippen LogP contribution in [0.15, 0.2) is 42.5 Å². The molecule has 0 bridgehead atoms. The predicted molar refractivity (Wildman–Crippen MR) is 75.2 cm³/mol. The number of benzene rings is 2. The van der Waals surface area contributed by atoms with E-state index in [1.54, 1.807) is 0 Å². The summed E-state index contributed by atoms with van der Waals surface area (Å²) < 4.78 is 0. The van der Waals surface area contributed by atoms with E-state index >= 15 is 0 Å². The van der Waals surface area contributed by atoms with Gasteiger partial charge in [-0.25, -0.2) is 0 Å². The Labute approximate surface area is 104 Å². The van der Waals surface area contributed by atoms with Gasteiger partial charge in [0.1, 0.15) is 0 Å². The molecule has 0 aliphatic carbocycles. The third kappa shape index (κ3) is 2.19. The van der Waals surface area contributed by atoms with Gasteiger partial charge in [0, 0.05) is 18.4 Å². The zero-order valence-corrected chi connectivity index (χ0v) is 11.0. The number of aryl methyl sites for hydroxylation is 1. The van der Waals surface area contributed by atoms with Gasteiger partial charge < -0.3 is 4.90 Å². The van der Waals surface area contributed by atoms with Crippen molar-refractivity contribution in [2.24, 2.45) is 0 Å². The molecule has 0 saturated carbocycles. The molecule has 88 valence electrons. The SMILES string of the molecule is Cc1ccc(N(C)c2ccccc2)c(C)c1C. The molecule has 0 heterocycles. The van der Waals surface area contributed by atoms with Crippen LogP contribution in [-0.2, 0) is 0 Å². The second-order valence-electron chi connectivity index (χ2n) is 4.55. The first-order valence-corrected chi connectivity index (χ1v) is 5.97. The maximum atomic E-state index is 2.24. The van der Waals surface area contributed by atoms with Crippen LogP contribution in [0.2, 0.25) is 0 Å². The summed E-state index contributed by atoms with van der Waals surface area (Å²) in [4.78, 5) is 2.24. The van der Waals surface area contributed by atoms with E-state index in [1.807, 2.05) is 6.07 Å². The number of hydrogen-bond donors (Lipinski definition) is 0. The molecule has 0 aliphatic rings. The van der Waals surface area contributed by atoms with Crippen molar-refractivity contribution >= 4 is 11.4 Å². The van der Waals surface area contributed by atoms with Gasteiger partial charge in [-0.15, -0.1) is 0 Å². The van der Waals surface area contributed by atoms with Crippen LogP contribution in [0.5, 0.6) is 0 Å². The molecule has 0 radical (unpaired) electrons. The maximum Gasteiger partial charge on any atom is 0.0440 e. The monoisotopic (exact) mass is 225 g/mol. The van der Waals surface area contributed by atoms with E-state index in [2.05, 4.69) is 69.1 Å². The van der Waals surface area contributed by atoms with E-state index in [-0.39, 0.29) is 0 Å². The third-order valence-electron chi connectivity index (χ3n) is 3.53. The standard InChI is InChI=1S/C16H19N/c1-12-10-11-16(14(3)13(12)2)17(4)15-8-6-5-7-9-15/h5-11H,1-4H3. The lowest BCUT2D eigenvalue weighted by atomic mass is 10.0. The highest BCUT2D eigenvalue weighted by Crippen LogP contribution is 2.29. The lowest BCUT2D eigenvalue weighted by molar-refractivity contribution is 1.15. The summed E-state index contributed by atoms with van der Waals surface area (Å²) in [5, 5.41) is 0. The molecule has 0 unspecified atom stereocenters. The molecule has 0 N–H and O–H groups in total. The van der Waals surface area contributed by atoms with Crippen LogP contribution in [0, 0.1) is 20.8 Å². The Bertz CT molecular complexity index is 515. The minimum absolute atomic E-state index is 1.22. The minimum Gasteiger partial charge on any atom is -0.344 e. The average molecular weight is 225 g/mol. The molecule has 0 atom stereocenters. The van der Waals surface area contributed by atoms with Crippen LogP contribution in [0.4, 0.5) is 11.4 Å². The van der Waals surface area contributed by atoms with Crippen molar-refractivity contribution < 1.29 is 0 Å². The highest BCUT2D eigenvalue weighted by atomic mass is 15.1. The summed E-state index contributed by atoms with van der Waals surface area (Å²) in [7, 11) is 2.12. The molecule has 0 aliphatic heterocycles. The first-order valence-electron chi connectivity index (χ1n) is 5.97. The van der Waals surface area contributed by atoms with Crippen molar-refractivity contribution in [2.45, 2.75) is 20.8 Å². The van der Waals surface area contributed by atoms with Crippen molar-refractivity contribution in [2.75, 3.05) is 11.9 Å². The van der Waals surface area contributed by atoms with Gasteiger partial charge >= 0.3 is 0 Å². The Balaban J connectivity index is 2.45. The molecule has 0 aromatic heterocycles. The van der Waals surface area contributed by atoms with Crippen molar-refractivity contribution in [3.63, 3.8) is 0 Å². The predicted octanol–water partition coefficient (Wildman–Crippen LogP) is 4.38. The molecule has 0 saturated heterocycles. The molecule has 0 spiro atoms. The summed E-state index contributed by atoms with van der Waals surface area (Å²) in [6.45, 7) is 6.54. The van der Waals surface area contributed by atoms with Crippen LogP contribution in [0.25, 0.3) is 0 Å². The normalized spacial score (nSPS) is 10.4. The van der Waals surface area contributed by atoms with Crippen LogP contribution < -0.4 is 4.90 Å². The fourth-order valence-corrected chi connectivity index (χ4v) is 2.10. The fourth-order valence-electron chi connectivity index (χ4n) is 2.10. The van der Waals surface area contributed by atoms with E-state index in [0.717, 1.165) is 0 Å². The summed E-state index contributed by atoms with van der Waals surface area (Å²) in [5.41, 5.74) is 6.59. The van der Waals surface area contributed by atoms with Crippen molar-refractivity contribution in [1.29, 1.82) is 0 Å². The lowest BCUT2D eigenvalue weighted by Crippen LogP contribution is -2.11. The molecule has 2 aromatic carbocycles. The second-order valence-corrected chi connectivity index (χ2v) is 4.55. The van der Waals surface area contributed by atoms with Gasteiger partial charge in [-0.1, -0.05) is 24.3 Å². The first kappa shape index (κ1) is 11.7. The summed E-state index contributed by atoms with van der Waals surface area (Å²) in [5.74, 6) is 0. The number of hydrogen-bond acceptors (Lipinski definition) is 1. The van der Waals surface area contributed by atoms with Crippen LogP contribution >= 0.6 is 0 Å². The first-order chi connectivity index (χ1) is 8.11. The molecule has 0 amide bonds. The van der Waals surface area contributed by atoms with Crippen LogP contribution in [-0.4, -0.2) is 7.05 Å². The summed E-state index contributed by atoms with van der Waals surface area (Å²) in [6.07, 6.45) is 0.